The van der Waals surface area contributed by atoms with Crippen LogP contribution in [-0.4, -0.2) is 29.6 Å². The van der Waals surface area contributed by atoms with Crippen LogP contribution < -0.4 is 10.6 Å². The summed E-state index contributed by atoms with van der Waals surface area (Å²) in [6, 6.07) is 3.87. The fraction of sp³-hybridized carbons (Fsp3) is 0.429. The van der Waals surface area contributed by atoms with Crippen LogP contribution in [0.1, 0.15) is 25.3 Å². The Morgan fingerprint density at radius 1 is 1.35 bits per heavy atom. The first-order valence-corrected chi connectivity index (χ1v) is 6.47. The summed E-state index contributed by atoms with van der Waals surface area (Å²) < 4.78 is 12.9. The van der Waals surface area contributed by atoms with Crippen LogP contribution in [0.3, 0.4) is 0 Å². The van der Waals surface area contributed by atoms with Crippen LogP contribution in [0, 0.1) is 12.7 Å². The van der Waals surface area contributed by atoms with Crippen LogP contribution in [0.5, 0.6) is 0 Å². The third-order valence-electron chi connectivity index (χ3n) is 2.88. The van der Waals surface area contributed by atoms with Crippen LogP contribution in [0.4, 0.5) is 10.1 Å². The number of nitrogens with one attached hydrogen (secondary N) is 2. The average Bonchev–Trinajstić information content (AvgIpc) is 2.41. The quantitative estimate of drug-likeness (QED) is 0.713. The molecule has 20 heavy (non-hydrogen) atoms. The molecule has 0 saturated heterocycles. The molecule has 6 heteroatoms. The molecule has 0 bridgehead atoms. The highest BCUT2D eigenvalue weighted by atomic mass is 19.1. The molecule has 1 unspecified atom stereocenters. The molecule has 1 rings (SSSR count). The Hall–Kier alpha value is -1.95. The predicted octanol–water partition coefficient (Wildman–Crippen LogP) is 1.35. The second-order valence-electron chi connectivity index (χ2n) is 4.52. The molecule has 5 nitrogen and oxygen atoms in total. The van der Waals surface area contributed by atoms with E-state index in [-0.39, 0.29) is 6.54 Å². The molecule has 1 atom stereocenters. The first-order valence-electron chi connectivity index (χ1n) is 6.47. The topological polar surface area (TPSA) is 78.4 Å². The number of hydrogen-bond acceptors (Lipinski definition) is 3. The Morgan fingerprint density at radius 2 is 2.05 bits per heavy atom. The van der Waals surface area contributed by atoms with Gasteiger partial charge in [-0.25, -0.2) is 4.39 Å². The van der Waals surface area contributed by atoms with Gasteiger partial charge >= 0.3 is 11.8 Å². The standard InChI is InChI=1S/C14H19FN2O3/c1-3-11(18)6-7-16-13(19)14(20)17-12-5-4-10(15)8-9(12)2/h4-5,8,11,18H,3,6-7H2,1-2H3,(H,16,19)(H,17,20). The van der Waals surface area contributed by atoms with E-state index >= 15 is 0 Å². The van der Waals surface area contributed by atoms with Crippen molar-refractivity contribution in [3.8, 4) is 0 Å². The zero-order valence-corrected chi connectivity index (χ0v) is 11.6. The Kier molecular flexibility index (Phi) is 6.11. The number of amides is 2. The van der Waals surface area contributed by atoms with Gasteiger partial charge in [-0.05, 0) is 43.5 Å². The molecular formula is C14H19FN2O3. The molecule has 0 aliphatic heterocycles. The minimum atomic E-state index is -0.814. The molecule has 1 aromatic carbocycles. The molecule has 0 heterocycles. The third kappa shape index (κ3) is 4.97. The third-order valence-corrected chi connectivity index (χ3v) is 2.88. The number of carbonyl (C=O) groups excluding carboxylic acids is 2. The van der Waals surface area contributed by atoms with Gasteiger partial charge in [0.15, 0.2) is 0 Å². The molecule has 0 fully saturated rings. The maximum atomic E-state index is 12.9. The van der Waals surface area contributed by atoms with Crippen molar-refractivity contribution in [2.24, 2.45) is 0 Å². The number of hydrogen-bond donors (Lipinski definition) is 3. The molecule has 3 N–H and O–H groups in total. The van der Waals surface area contributed by atoms with Crippen LogP contribution in [0.2, 0.25) is 0 Å². The van der Waals surface area contributed by atoms with E-state index in [2.05, 4.69) is 10.6 Å². The summed E-state index contributed by atoms with van der Waals surface area (Å²) in [5.74, 6) is -2.00. The van der Waals surface area contributed by atoms with Crippen molar-refractivity contribution >= 4 is 17.5 Å². The van der Waals surface area contributed by atoms with Gasteiger partial charge in [-0.3, -0.25) is 9.59 Å². The maximum absolute atomic E-state index is 12.9. The summed E-state index contributed by atoms with van der Waals surface area (Å²) in [7, 11) is 0. The van der Waals surface area contributed by atoms with Crippen molar-refractivity contribution in [1.82, 2.24) is 5.32 Å². The van der Waals surface area contributed by atoms with Crippen molar-refractivity contribution in [2.45, 2.75) is 32.8 Å². The van der Waals surface area contributed by atoms with Gasteiger partial charge in [0, 0.05) is 12.2 Å². The van der Waals surface area contributed by atoms with E-state index in [9.17, 15) is 19.1 Å². The SMILES string of the molecule is CCC(O)CCNC(=O)C(=O)Nc1ccc(F)cc1C. The Bertz CT molecular complexity index is 491. The van der Waals surface area contributed by atoms with E-state index in [1.165, 1.54) is 18.2 Å². The molecular weight excluding hydrogens is 263 g/mol. The van der Waals surface area contributed by atoms with Gasteiger partial charge < -0.3 is 15.7 Å². The summed E-state index contributed by atoms with van der Waals surface area (Å²) >= 11 is 0. The lowest BCUT2D eigenvalue weighted by molar-refractivity contribution is -0.136. The number of anilines is 1. The van der Waals surface area contributed by atoms with Crippen LogP contribution in [0.25, 0.3) is 0 Å². The number of aliphatic hydroxyl groups excluding tert-OH is 1. The van der Waals surface area contributed by atoms with E-state index in [0.717, 1.165) is 0 Å². The molecule has 0 spiro atoms. The highest BCUT2D eigenvalue weighted by molar-refractivity contribution is 6.39. The van der Waals surface area contributed by atoms with Crippen LogP contribution in [0.15, 0.2) is 18.2 Å². The number of benzene rings is 1. The number of halogens is 1. The average molecular weight is 282 g/mol. The highest BCUT2D eigenvalue weighted by Gasteiger charge is 2.14. The molecule has 1 aromatic rings. The van der Waals surface area contributed by atoms with Gasteiger partial charge in [-0.1, -0.05) is 6.92 Å². The van der Waals surface area contributed by atoms with E-state index in [0.29, 0.717) is 24.1 Å². The molecule has 2 amide bonds. The first-order chi connectivity index (χ1) is 9.43. The molecule has 110 valence electrons. The van der Waals surface area contributed by atoms with Gasteiger partial charge in [0.05, 0.1) is 6.10 Å². The Morgan fingerprint density at radius 3 is 2.65 bits per heavy atom. The fourth-order valence-corrected chi connectivity index (χ4v) is 1.58. The molecule has 0 aromatic heterocycles. The van der Waals surface area contributed by atoms with Gasteiger partial charge in [0.1, 0.15) is 5.82 Å². The number of rotatable bonds is 5. The summed E-state index contributed by atoms with van der Waals surface area (Å²) in [4.78, 5) is 23.1. The van der Waals surface area contributed by atoms with E-state index < -0.39 is 23.7 Å². The van der Waals surface area contributed by atoms with Crippen LogP contribution in [-0.2, 0) is 9.59 Å². The van der Waals surface area contributed by atoms with Gasteiger partial charge in [0.25, 0.3) is 0 Å². The van der Waals surface area contributed by atoms with E-state index in [4.69, 9.17) is 0 Å². The highest BCUT2D eigenvalue weighted by Crippen LogP contribution is 2.15. The minimum Gasteiger partial charge on any atom is -0.393 e. The van der Waals surface area contributed by atoms with Crippen molar-refractivity contribution in [3.63, 3.8) is 0 Å². The van der Waals surface area contributed by atoms with Crippen LogP contribution >= 0.6 is 0 Å². The number of carbonyl (C=O) groups is 2. The number of aryl methyl sites for hydroxylation is 1. The fourth-order valence-electron chi connectivity index (χ4n) is 1.58. The second kappa shape index (κ2) is 7.59. The normalized spacial score (nSPS) is 11.8. The minimum absolute atomic E-state index is 0.226. The Labute approximate surface area is 117 Å². The van der Waals surface area contributed by atoms with Crippen molar-refractivity contribution in [3.05, 3.63) is 29.6 Å². The Balaban J connectivity index is 2.47. The van der Waals surface area contributed by atoms with Gasteiger partial charge in [-0.2, -0.15) is 0 Å². The summed E-state index contributed by atoms with van der Waals surface area (Å²) in [6.07, 6.45) is 0.500. The monoisotopic (exact) mass is 282 g/mol. The molecule has 0 aliphatic carbocycles. The van der Waals surface area contributed by atoms with Crippen molar-refractivity contribution < 1.29 is 19.1 Å². The lowest BCUT2D eigenvalue weighted by atomic mass is 10.2. The maximum Gasteiger partial charge on any atom is 0.313 e. The largest absolute Gasteiger partial charge is 0.393 e. The predicted molar refractivity (Wildman–Crippen MR) is 73.7 cm³/mol. The van der Waals surface area contributed by atoms with Crippen molar-refractivity contribution in [2.75, 3.05) is 11.9 Å². The summed E-state index contributed by atoms with van der Waals surface area (Å²) in [6.45, 7) is 3.69. The van der Waals surface area contributed by atoms with Gasteiger partial charge in [-0.15, -0.1) is 0 Å². The summed E-state index contributed by atoms with van der Waals surface area (Å²) in [5.41, 5.74) is 0.924. The zero-order chi connectivity index (χ0) is 15.1. The molecule has 0 radical (unpaired) electrons. The zero-order valence-electron chi connectivity index (χ0n) is 11.6. The van der Waals surface area contributed by atoms with E-state index in [1.54, 1.807) is 6.92 Å². The van der Waals surface area contributed by atoms with Gasteiger partial charge in [0.2, 0.25) is 0 Å². The molecule has 0 aliphatic rings. The lowest BCUT2D eigenvalue weighted by Gasteiger charge is -2.10. The summed E-state index contributed by atoms with van der Waals surface area (Å²) in [5, 5.41) is 14.1. The first kappa shape index (κ1) is 16.1. The van der Waals surface area contributed by atoms with E-state index in [1.807, 2.05) is 6.92 Å². The number of aliphatic hydroxyl groups is 1. The lowest BCUT2D eigenvalue weighted by Crippen LogP contribution is -2.36. The molecule has 0 saturated carbocycles. The smallest absolute Gasteiger partial charge is 0.313 e. The van der Waals surface area contributed by atoms with Crippen molar-refractivity contribution in [1.29, 1.82) is 0 Å². The second-order valence-corrected chi connectivity index (χ2v) is 4.52.